The van der Waals surface area contributed by atoms with Crippen LogP contribution in [0, 0.1) is 0 Å². The van der Waals surface area contributed by atoms with Gasteiger partial charge in [-0.3, -0.25) is 9.52 Å². The Hall–Kier alpha value is -2.74. The van der Waals surface area contributed by atoms with Crippen LogP contribution in [0.15, 0.2) is 47.4 Å². The normalized spacial score (nSPS) is 14.2. The molecule has 1 aliphatic heterocycles. The Labute approximate surface area is 165 Å². The van der Waals surface area contributed by atoms with E-state index in [0.717, 1.165) is 12.8 Å². The summed E-state index contributed by atoms with van der Waals surface area (Å²) in [6.45, 7) is 3.20. The van der Waals surface area contributed by atoms with E-state index in [-0.39, 0.29) is 16.6 Å². The summed E-state index contributed by atoms with van der Waals surface area (Å²) in [5, 5.41) is 0. The van der Waals surface area contributed by atoms with Gasteiger partial charge in [-0.1, -0.05) is 6.92 Å². The summed E-state index contributed by atoms with van der Waals surface area (Å²) in [7, 11) is -2.50. The van der Waals surface area contributed by atoms with Gasteiger partial charge in [-0.15, -0.1) is 0 Å². The van der Waals surface area contributed by atoms with Crippen LogP contribution >= 0.6 is 0 Å². The number of benzene rings is 2. The molecule has 0 saturated carbocycles. The average Bonchev–Trinajstić information content (AvgIpc) is 3.12. The van der Waals surface area contributed by atoms with Crippen molar-refractivity contribution >= 4 is 27.3 Å². The highest BCUT2D eigenvalue weighted by Crippen LogP contribution is 2.32. The summed E-state index contributed by atoms with van der Waals surface area (Å²) in [5.41, 5.74) is 0.959. The summed E-state index contributed by atoms with van der Waals surface area (Å²) in [5.74, 6) is 0.881. The highest BCUT2D eigenvalue weighted by Gasteiger charge is 2.26. The predicted octanol–water partition coefficient (Wildman–Crippen LogP) is 3.41. The summed E-state index contributed by atoms with van der Waals surface area (Å²) >= 11 is 0. The highest BCUT2D eigenvalue weighted by molar-refractivity contribution is 7.92. The zero-order valence-corrected chi connectivity index (χ0v) is 16.8. The first-order chi connectivity index (χ1) is 13.4. The van der Waals surface area contributed by atoms with Crippen LogP contribution in [0.3, 0.4) is 0 Å². The fraction of sp³-hybridized carbons (Fsp3) is 0.350. The molecule has 0 aliphatic carbocycles. The van der Waals surface area contributed by atoms with Crippen molar-refractivity contribution in [3.8, 4) is 11.5 Å². The standard InChI is InChI=1S/C20H24N2O5S/c1-3-13-27-17-9-6-15(7-10-17)21-28(24,25)19-14-16(8-11-18(19)26-2)22-12-4-5-20(22)23/h6-11,14,21H,3-5,12-13H2,1-2H3. The molecule has 1 N–H and O–H groups in total. The maximum absolute atomic E-state index is 13.0. The number of rotatable bonds is 8. The second-order valence-electron chi connectivity index (χ2n) is 6.46. The average molecular weight is 404 g/mol. The Kier molecular flexibility index (Phi) is 6.08. The molecule has 0 spiro atoms. The first-order valence-corrected chi connectivity index (χ1v) is 10.7. The molecule has 0 atom stereocenters. The number of nitrogens with zero attached hydrogens (tertiary/aromatic N) is 1. The SMILES string of the molecule is CCCOc1ccc(NS(=O)(=O)c2cc(N3CCCC3=O)ccc2OC)cc1. The minimum Gasteiger partial charge on any atom is -0.495 e. The van der Waals surface area contributed by atoms with Crippen molar-refractivity contribution in [3.05, 3.63) is 42.5 Å². The molecule has 8 heteroatoms. The van der Waals surface area contributed by atoms with Gasteiger partial charge in [-0.05, 0) is 55.3 Å². The van der Waals surface area contributed by atoms with Crippen molar-refractivity contribution in [2.75, 3.05) is 29.9 Å². The summed E-state index contributed by atoms with van der Waals surface area (Å²) in [6.07, 6.45) is 2.13. The third-order valence-electron chi connectivity index (χ3n) is 4.40. The van der Waals surface area contributed by atoms with E-state index in [2.05, 4.69) is 4.72 Å². The van der Waals surface area contributed by atoms with Crippen molar-refractivity contribution in [2.45, 2.75) is 31.1 Å². The van der Waals surface area contributed by atoms with Crippen LogP contribution in [0.5, 0.6) is 11.5 Å². The molecule has 1 saturated heterocycles. The molecule has 2 aromatic carbocycles. The number of methoxy groups -OCH3 is 1. The zero-order chi connectivity index (χ0) is 20.1. The lowest BCUT2D eigenvalue weighted by Gasteiger charge is -2.18. The van der Waals surface area contributed by atoms with Crippen molar-refractivity contribution in [1.29, 1.82) is 0 Å². The van der Waals surface area contributed by atoms with Gasteiger partial charge in [-0.25, -0.2) is 8.42 Å². The van der Waals surface area contributed by atoms with Gasteiger partial charge in [0, 0.05) is 24.3 Å². The molecule has 1 amide bonds. The van der Waals surface area contributed by atoms with Gasteiger partial charge in [0.15, 0.2) is 0 Å². The number of anilines is 2. The van der Waals surface area contributed by atoms with Crippen LogP contribution in [0.4, 0.5) is 11.4 Å². The Morgan fingerprint density at radius 2 is 1.89 bits per heavy atom. The van der Waals surface area contributed by atoms with Crippen LogP contribution in [0.1, 0.15) is 26.2 Å². The Morgan fingerprint density at radius 3 is 2.50 bits per heavy atom. The number of sulfonamides is 1. The van der Waals surface area contributed by atoms with Gasteiger partial charge in [0.2, 0.25) is 5.91 Å². The van der Waals surface area contributed by atoms with Gasteiger partial charge in [-0.2, -0.15) is 0 Å². The van der Waals surface area contributed by atoms with E-state index >= 15 is 0 Å². The van der Waals surface area contributed by atoms with E-state index < -0.39 is 10.0 Å². The van der Waals surface area contributed by atoms with E-state index in [0.29, 0.717) is 36.7 Å². The molecule has 2 aromatic rings. The number of ether oxygens (including phenoxy) is 2. The second kappa shape index (κ2) is 8.52. The van der Waals surface area contributed by atoms with E-state index in [1.54, 1.807) is 41.3 Å². The lowest BCUT2D eigenvalue weighted by atomic mass is 10.3. The van der Waals surface area contributed by atoms with Crippen molar-refractivity contribution in [3.63, 3.8) is 0 Å². The number of carbonyl (C=O) groups excluding carboxylic acids is 1. The molecule has 0 unspecified atom stereocenters. The molecule has 1 aliphatic rings. The van der Waals surface area contributed by atoms with Gasteiger partial charge in [0.25, 0.3) is 10.0 Å². The van der Waals surface area contributed by atoms with Gasteiger partial charge in [0.1, 0.15) is 16.4 Å². The smallest absolute Gasteiger partial charge is 0.265 e. The topological polar surface area (TPSA) is 84.9 Å². The molecule has 0 aromatic heterocycles. The lowest BCUT2D eigenvalue weighted by Crippen LogP contribution is -2.24. The molecule has 1 fully saturated rings. The van der Waals surface area contributed by atoms with E-state index in [9.17, 15) is 13.2 Å². The fourth-order valence-corrected chi connectivity index (χ4v) is 4.26. The van der Waals surface area contributed by atoms with Crippen molar-refractivity contribution in [1.82, 2.24) is 0 Å². The summed E-state index contributed by atoms with van der Waals surface area (Å²) < 4.78 is 39.2. The monoisotopic (exact) mass is 404 g/mol. The van der Waals surface area contributed by atoms with Crippen LogP contribution in [-0.2, 0) is 14.8 Å². The van der Waals surface area contributed by atoms with E-state index in [4.69, 9.17) is 9.47 Å². The van der Waals surface area contributed by atoms with E-state index in [1.165, 1.54) is 13.2 Å². The minimum atomic E-state index is -3.91. The molecule has 0 radical (unpaired) electrons. The lowest BCUT2D eigenvalue weighted by molar-refractivity contribution is -0.117. The number of nitrogens with one attached hydrogen (secondary N) is 1. The largest absolute Gasteiger partial charge is 0.495 e. The number of hydrogen-bond acceptors (Lipinski definition) is 5. The molecular formula is C20H24N2O5S. The van der Waals surface area contributed by atoms with Gasteiger partial charge < -0.3 is 14.4 Å². The molecule has 28 heavy (non-hydrogen) atoms. The second-order valence-corrected chi connectivity index (χ2v) is 8.11. The molecule has 3 rings (SSSR count). The maximum Gasteiger partial charge on any atom is 0.265 e. The zero-order valence-electron chi connectivity index (χ0n) is 16.0. The van der Waals surface area contributed by atoms with Crippen LogP contribution in [-0.4, -0.2) is 34.6 Å². The fourth-order valence-electron chi connectivity index (χ4n) is 3.01. The Morgan fingerprint density at radius 1 is 1.14 bits per heavy atom. The molecule has 1 heterocycles. The predicted molar refractivity (Wildman–Crippen MR) is 108 cm³/mol. The quantitative estimate of drug-likeness (QED) is 0.729. The van der Waals surface area contributed by atoms with Crippen LogP contribution < -0.4 is 19.1 Å². The third kappa shape index (κ3) is 4.39. The minimum absolute atomic E-state index is 0.0101. The number of amides is 1. The van der Waals surface area contributed by atoms with E-state index in [1.807, 2.05) is 6.92 Å². The van der Waals surface area contributed by atoms with Crippen LogP contribution in [0.2, 0.25) is 0 Å². The first-order valence-electron chi connectivity index (χ1n) is 9.18. The molecular weight excluding hydrogens is 380 g/mol. The van der Waals surface area contributed by atoms with Gasteiger partial charge >= 0.3 is 0 Å². The summed E-state index contributed by atoms with van der Waals surface area (Å²) in [6, 6.07) is 11.4. The summed E-state index contributed by atoms with van der Waals surface area (Å²) in [4.78, 5) is 13.6. The Bertz CT molecular complexity index is 942. The van der Waals surface area contributed by atoms with Crippen LogP contribution in [0.25, 0.3) is 0 Å². The highest BCUT2D eigenvalue weighted by atomic mass is 32.2. The molecule has 150 valence electrons. The van der Waals surface area contributed by atoms with Crippen molar-refractivity contribution in [2.24, 2.45) is 0 Å². The van der Waals surface area contributed by atoms with Gasteiger partial charge in [0.05, 0.1) is 13.7 Å². The molecule has 0 bridgehead atoms. The molecule has 7 nitrogen and oxygen atoms in total. The first kappa shape index (κ1) is 20.0. The number of carbonyl (C=O) groups is 1. The Balaban J connectivity index is 1.86. The van der Waals surface area contributed by atoms with Crippen molar-refractivity contribution < 1.29 is 22.7 Å². The maximum atomic E-state index is 13.0. The number of hydrogen-bond donors (Lipinski definition) is 1. The third-order valence-corrected chi connectivity index (χ3v) is 5.80.